The van der Waals surface area contributed by atoms with Gasteiger partial charge in [0.15, 0.2) is 0 Å². The molecule has 0 aliphatic heterocycles. The second-order valence-corrected chi connectivity index (χ2v) is 9.84. The van der Waals surface area contributed by atoms with Gasteiger partial charge in [0, 0.05) is 18.4 Å². The van der Waals surface area contributed by atoms with E-state index in [0.29, 0.717) is 25.3 Å². The van der Waals surface area contributed by atoms with E-state index in [1.807, 2.05) is 0 Å². The summed E-state index contributed by atoms with van der Waals surface area (Å²) in [7, 11) is -4.02. The van der Waals surface area contributed by atoms with E-state index < -0.39 is 33.6 Å². The van der Waals surface area contributed by atoms with Gasteiger partial charge in [0.2, 0.25) is 5.78 Å². The van der Waals surface area contributed by atoms with Crippen LogP contribution in [0.25, 0.3) is 0 Å². The Hall–Kier alpha value is -3.43. The van der Waals surface area contributed by atoms with E-state index in [0.717, 1.165) is 12.1 Å². The van der Waals surface area contributed by atoms with Crippen LogP contribution in [-0.2, 0) is 27.2 Å². The smallest absolute Gasteiger partial charge is 0.367 e. The highest BCUT2D eigenvalue weighted by Crippen LogP contribution is 2.32. The van der Waals surface area contributed by atoms with Gasteiger partial charge >= 0.3 is 16.5 Å². The Morgan fingerprint density at radius 2 is 2.03 bits per heavy atom. The summed E-state index contributed by atoms with van der Waals surface area (Å²) in [6.45, 7) is -0.0877. The quantitative estimate of drug-likeness (QED) is 0.311. The van der Waals surface area contributed by atoms with Crippen molar-refractivity contribution in [3.8, 4) is 0 Å². The zero-order valence-electron chi connectivity index (χ0n) is 19.2. The molecule has 198 valence electrons. The van der Waals surface area contributed by atoms with Crippen molar-refractivity contribution >= 4 is 21.9 Å². The normalized spacial score (nSPS) is 18.2. The SMILES string of the molecule is NS(=O)(=O)OC[C@@H]1CC[C@H](Nc2ncncc2C(=O)c2ccn(Cc3ccc(C(F)(F)F)c(F)c3)n2)C1. The molecule has 0 saturated heterocycles. The van der Waals surface area contributed by atoms with Crippen molar-refractivity contribution in [1.82, 2.24) is 19.7 Å². The zero-order chi connectivity index (χ0) is 26.8. The highest BCUT2D eigenvalue weighted by molar-refractivity contribution is 7.84. The Morgan fingerprint density at radius 1 is 1.24 bits per heavy atom. The van der Waals surface area contributed by atoms with Crippen LogP contribution in [0.3, 0.4) is 0 Å². The summed E-state index contributed by atoms with van der Waals surface area (Å²) in [5.41, 5.74) is -0.934. The molecule has 3 aromatic rings. The Morgan fingerprint density at radius 3 is 2.73 bits per heavy atom. The third-order valence-electron chi connectivity index (χ3n) is 5.86. The van der Waals surface area contributed by atoms with Gasteiger partial charge < -0.3 is 5.32 Å². The molecule has 2 atom stereocenters. The molecular weight excluding hydrogens is 520 g/mol. The molecule has 0 bridgehead atoms. The maximum atomic E-state index is 13.9. The number of anilines is 1. The minimum atomic E-state index is -4.80. The van der Waals surface area contributed by atoms with Crippen LogP contribution in [-0.4, -0.2) is 46.6 Å². The van der Waals surface area contributed by atoms with E-state index in [1.165, 1.54) is 29.5 Å². The van der Waals surface area contributed by atoms with Gasteiger partial charge in [0.1, 0.15) is 23.7 Å². The van der Waals surface area contributed by atoms with Gasteiger partial charge in [0.25, 0.3) is 0 Å². The average Bonchev–Trinajstić information content (AvgIpc) is 3.46. The number of hydrogen-bond acceptors (Lipinski definition) is 8. The summed E-state index contributed by atoms with van der Waals surface area (Å²) in [5, 5.41) is 12.2. The third-order valence-corrected chi connectivity index (χ3v) is 6.33. The van der Waals surface area contributed by atoms with E-state index in [-0.39, 0.29) is 47.8 Å². The first-order valence-corrected chi connectivity index (χ1v) is 12.5. The number of aromatic nitrogens is 4. The maximum Gasteiger partial charge on any atom is 0.419 e. The van der Waals surface area contributed by atoms with E-state index in [1.54, 1.807) is 0 Å². The van der Waals surface area contributed by atoms with Gasteiger partial charge in [-0.3, -0.25) is 13.7 Å². The van der Waals surface area contributed by atoms with Crippen LogP contribution >= 0.6 is 0 Å². The standard InChI is InChI=1S/C22H22F4N6O4S/c23-18-8-13(2-4-17(18)22(24,25)26)10-32-6-5-19(31-32)20(33)16-9-28-12-29-21(16)30-15-3-1-14(7-15)11-36-37(27,34)35/h2,4-6,8-9,12,14-15H,1,3,7,10-11H2,(H2,27,34,35)(H,28,29,30)/t14-,15+/m1/s1. The zero-order valence-corrected chi connectivity index (χ0v) is 20.0. The number of nitrogens with one attached hydrogen (secondary N) is 1. The number of benzene rings is 1. The van der Waals surface area contributed by atoms with Gasteiger partial charge in [-0.1, -0.05) is 6.07 Å². The molecule has 1 fully saturated rings. The van der Waals surface area contributed by atoms with Crippen molar-refractivity contribution in [2.45, 2.75) is 38.0 Å². The van der Waals surface area contributed by atoms with Crippen LogP contribution in [0.5, 0.6) is 0 Å². The number of nitrogens with two attached hydrogens (primary N) is 1. The van der Waals surface area contributed by atoms with Gasteiger partial charge in [-0.25, -0.2) is 19.5 Å². The minimum Gasteiger partial charge on any atom is -0.367 e. The van der Waals surface area contributed by atoms with E-state index >= 15 is 0 Å². The Bertz CT molecular complexity index is 1400. The summed E-state index contributed by atoms with van der Waals surface area (Å²) >= 11 is 0. The largest absolute Gasteiger partial charge is 0.419 e. The lowest BCUT2D eigenvalue weighted by atomic mass is 10.1. The van der Waals surface area contributed by atoms with Gasteiger partial charge in [-0.2, -0.15) is 26.7 Å². The molecule has 0 amide bonds. The van der Waals surface area contributed by atoms with Crippen molar-refractivity contribution in [2.75, 3.05) is 11.9 Å². The molecular formula is C22H22F4N6O4S. The number of halogens is 4. The fourth-order valence-corrected chi connectivity index (χ4v) is 4.52. The molecule has 4 rings (SSSR count). The fourth-order valence-electron chi connectivity index (χ4n) is 4.14. The summed E-state index contributed by atoms with van der Waals surface area (Å²) < 4.78 is 80.2. The Kier molecular flexibility index (Phi) is 7.57. The first-order chi connectivity index (χ1) is 17.4. The van der Waals surface area contributed by atoms with Crippen molar-refractivity contribution in [3.63, 3.8) is 0 Å². The summed E-state index contributed by atoms with van der Waals surface area (Å²) in [6.07, 6.45) is 1.21. The molecule has 3 N–H and O–H groups in total. The van der Waals surface area contributed by atoms with E-state index in [2.05, 4.69) is 24.6 Å². The summed E-state index contributed by atoms with van der Waals surface area (Å²) in [4.78, 5) is 21.2. The number of nitrogens with zero attached hydrogens (tertiary/aromatic N) is 4. The minimum absolute atomic E-state index is 0.0349. The van der Waals surface area contributed by atoms with Gasteiger partial charge in [0.05, 0.1) is 24.3 Å². The lowest BCUT2D eigenvalue weighted by molar-refractivity contribution is -0.140. The van der Waals surface area contributed by atoms with E-state index in [9.17, 15) is 30.8 Å². The highest BCUT2D eigenvalue weighted by atomic mass is 32.2. The molecule has 1 aromatic carbocycles. The number of alkyl halides is 3. The molecule has 15 heteroatoms. The molecule has 1 aliphatic carbocycles. The van der Waals surface area contributed by atoms with E-state index in [4.69, 9.17) is 5.14 Å². The molecule has 1 saturated carbocycles. The first-order valence-electron chi connectivity index (χ1n) is 11.1. The molecule has 0 unspecified atom stereocenters. The van der Waals surface area contributed by atoms with Gasteiger partial charge in [-0.05, 0) is 48.9 Å². The summed E-state index contributed by atoms with van der Waals surface area (Å²) in [6, 6.07) is 3.92. The Labute approximate surface area is 209 Å². The van der Waals surface area contributed by atoms with Crippen molar-refractivity contribution < 1.29 is 35.0 Å². The monoisotopic (exact) mass is 542 g/mol. The number of carbonyl (C=O) groups excluding carboxylic acids is 1. The van der Waals surface area contributed by atoms with Crippen LogP contribution in [0.1, 0.15) is 46.4 Å². The number of carbonyl (C=O) groups is 1. The second-order valence-electron chi connectivity index (χ2n) is 8.62. The number of hydrogen-bond donors (Lipinski definition) is 2. The molecule has 0 radical (unpaired) electrons. The third kappa shape index (κ3) is 6.87. The van der Waals surface area contributed by atoms with Crippen LogP contribution in [0, 0.1) is 11.7 Å². The second kappa shape index (κ2) is 10.5. The fraction of sp³-hybridized carbons (Fsp3) is 0.364. The number of rotatable bonds is 9. The predicted molar refractivity (Wildman–Crippen MR) is 122 cm³/mol. The van der Waals surface area contributed by atoms with Crippen LogP contribution in [0.2, 0.25) is 0 Å². The molecule has 2 heterocycles. The van der Waals surface area contributed by atoms with Crippen molar-refractivity contribution in [3.05, 3.63) is 71.2 Å². The van der Waals surface area contributed by atoms with Crippen LogP contribution in [0.4, 0.5) is 23.4 Å². The molecule has 2 aromatic heterocycles. The van der Waals surface area contributed by atoms with Crippen molar-refractivity contribution in [2.24, 2.45) is 11.1 Å². The summed E-state index contributed by atoms with van der Waals surface area (Å²) in [5.74, 6) is -1.65. The van der Waals surface area contributed by atoms with Crippen LogP contribution in [0.15, 0.2) is 43.0 Å². The molecule has 37 heavy (non-hydrogen) atoms. The molecule has 0 spiro atoms. The highest BCUT2D eigenvalue weighted by Gasteiger charge is 2.34. The van der Waals surface area contributed by atoms with Crippen LogP contribution < -0.4 is 10.5 Å². The Balaban J connectivity index is 1.43. The molecule has 10 nitrogen and oxygen atoms in total. The first kappa shape index (κ1) is 26.6. The van der Waals surface area contributed by atoms with Crippen molar-refractivity contribution in [1.29, 1.82) is 0 Å². The predicted octanol–water partition coefficient (Wildman–Crippen LogP) is 2.91. The van der Waals surface area contributed by atoms with Gasteiger partial charge in [-0.15, -0.1) is 0 Å². The molecule has 1 aliphatic rings. The lowest BCUT2D eigenvalue weighted by Gasteiger charge is -2.15. The maximum absolute atomic E-state index is 13.9. The number of ketones is 1. The lowest BCUT2D eigenvalue weighted by Crippen LogP contribution is -2.22. The average molecular weight is 543 g/mol. The topological polar surface area (TPSA) is 142 Å².